The molecule has 5 heteroatoms. The van der Waals surface area contributed by atoms with E-state index in [4.69, 9.17) is 4.74 Å². The lowest BCUT2D eigenvalue weighted by Crippen LogP contribution is -2.53. The minimum absolute atomic E-state index is 0.0143. The van der Waals surface area contributed by atoms with Crippen LogP contribution < -0.4 is 5.32 Å². The normalized spacial score (nSPS) is 24.9. The predicted octanol–water partition coefficient (Wildman–Crippen LogP) is 0.659. The van der Waals surface area contributed by atoms with Gasteiger partial charge in [-0.25, -0.2) is 0 Å². The Bertz CT molecular complexity index is 528. The van der Waals surface area contributed by atoms with Gasteiger partial charge in [0, 0.05) is 13.1 Å². The van der Waals surface area contributed by atoms with Crippen LogP contribution in [0.4, 0.5) is 0 Å². The highest BCUT2D eigenvalue weighted by Gasteiger charge is 2.36. The van der Waals surface area contributed by atoms with E-state index in [1.807, 2.05) is 17.0 Å². The van der Waals surface area contributed by atoms with Gasteiger partial charge in [-0.15, -0.1) is 0 Å². The van der Waals surface area contributed by atoms with E-state index in [1.165, 1.54) is 5.56 Å². The van der Waals surface area contributed by atoms with Gasteiger partial charge in [-0.3, -0.25) is 10.1 Å². The average molecular weight is 304 g/mol. The molecular formula is C17H24N2O3. The summed E-state index contributed by atoms with van der Waals surface area (Å²) in [6.07, 6.45) is 2.92. The quantitative estimate of drug-likeness (QED) is 0.858. The third-order valence-corrected chi connectivity index (χ3v) is 4.79. The van der Waals surface area contributed by atoms with Crippen LogP contribution in [0.3, 0.4) is 0 Å². The van der Waals surface area contributed by atoms with E-state index >= 15 is 0 Å². The van der Waals surface area contributed by atoms with Crippen LogP contribution in [0.5, 0.6) is 0 Å². The molecule has 0 bridgehead atoms. The van der Waals surface area contributed by atoms with Crippen molar-refractivity contribution in [1.29, 1.82) is 0 Å². The maximum absolute atomic E-state index is 12.3. The van der Waals surface area contributed by atoms with Gasteiger partial charge in [0.2, 0.25) is 5.91 Å². The molecule has 1 unspecified atom stereocenters. The van der Waals surface area contributed by atoms with Crippen molar-refractivity contribution in [3.63, 3.8) is 0 Å². The van der Waals surface area contributed by atoms with Gasteiger partial charge in [-0.2, -0.15) is 0 Å². The molecule has 0 aromatic heterocycles. The van der Waals surface area contributed by atoms with Gasteiger partial charge in [0.1, 0.15) is 0 Å². The number of ether oxygens (including phenoxy) is 1. The number of morpholine rings is 1. The lowest BCUT2D eigenvalue weighted by molar-refractivity contribution is -0.134. The number of hydrogen-bond acceptors (Lipinski definition) is 4. The molecule has 3 rings (SSSR count). The van der Waals surface area contributed by atoms with Crippen LogP contribution in [-0.2, 0) is 21.5 Å². The summed E-state index contributed by atoms with van der Waals surface area (Å²) < 4.78 is 5.28. The lowest BCUT2D eigenvalue weighted by Gasteiger charge is -2.39. The maximum Gasteiger partial charge on any atom is 0.236 e. The second-order valence-corrected chi connectivity index (χ2v) is 6.10. The summed E-state index contributed by atoms with van der Waals surface area (Å²) in [6.45, 7) is 2.81. The number of aliphatic hydroxyl groups excluding tert-OH is 1. The summed E-state index contributed by atoms with van der Waals surface area (Å²) in [4.78, 5) is 14.2. The van der Waals surface area contributed by atoms with Crippen molar-refractivity contribution in [3.8, 4) is 0 Å². The molecule has 1 aromatic carbocycles. The molecule has 5 nitrogen and oxygen atoms in total. The van der Waals surface area contributed by atoms with Crippen molar-refractivity contribution in [1.82, 2.24) is 10.2 Å². The third-order valence-electron chi connectivity index (χ3n) is 4.79. The Balaban J connectivity index is 1.71. The first-order chi connectivity index (χ1) is 10.7. The van der Waals surface area contributed by atoms with E-state index in [0.29, 0.717) is 26.3 Å². The standard InChI is InChI=1S/C17H24N2O3/c20-13-17(7-3-5-14-4-1-2-6-15(14)17)18-12-16(21)19-8-10-22-11-9-19/h1-2,4,6,18,20H,3,5,7-13H2. The maximum atomic E-state index is 12.3. The number of carbonyl (C=O) groups is 1. The Hall–Kier alpha value is -1.43. The number of rotatable bonds is 4. The molecule has 1 atom stereocenters. The highest BCUT2D eigenvalue weighted by atomic mass is 16.5. The number of nitrogens with one attached hydrogen (secondary N) is 1. The molecule has 1 aliphatic carbocycles. The zero-order valence-electron chi connectivity index (χ0n) is 12.9. The van der Waals surface area contributed by atoms with E-state index in [0.717, 1.165) is 24.8 Å². The second kappa shape index (κ2) is 6.77. The van der Waals surface area contributed by atoms with Crippen LogP contribution >= 0.6 is 0 Å². The Morgan fingerprint density at radius 3 is 2.86 bits per heavy atom. The van der Waals surface area contributed by atoms with Gasteiger partial charge >= 0.3 is 0 Å². The van der Waals surface area contributed by atoms with E-state index in [-0.39, 0.29) is 19.1 Å². The molecule has 1 aliphatic heterocycles. The number of hydrogen-bond donors (Lipinski definition) is 2. The van der Waals surface area contributed by atoms with Gasteiger partial charge in [0.15, 0.2) is 0 Å². The van der Waals surface area contributed by atoms with E-state index in [2.05, 4.69) is 17.4 Å². The number of nitrogens with zero attached hydrogens (tertiary/aromatic N) is 1. The van der Waals surface area contributed by atoms with Gasteiger partial charge in [0.05, 0.1) is 31.9 Å². The highest BCUT2D eigenvalue weighted by Crippen LogP contribution is 2.34. The molecule has 1 heterocycles. The van der Waals surface area contributed by atoms with E-state index in [9.17, 15) is 9.90 Å². The first kappa shape index (κ1) is 15.5. The number of amides is 1. The largest absolute Gasteiger partial charge is 0.394 e. The average Bonchev–Trinajstić information content (AvgIpc) is 2.60. The summed E-state index contributed by atoms with van der Waals surface area (Å²) in [7, 11) is 0. The molecule has 22 heavy (non-hydrogen) atoms. The van der Waals surface area contributed by atoms with Crippen molar-refractivity contribution >= 4 is 5.91 Å². The number of aryl methyl sites for hydroxylation is 1. The molecule has 0 saturated carbocycles. The zero-order valence-corrected chi connectivity index (χ0v) is 12.9. The Kier molecular flexibility index (Phi) is 4.76. The van der Waals surface area contributed by atoms with Crippen molar-refractivity contribution in [2.24, 2.45) is 0 Å². The third kappa shape index (κ3) is 3.02. The Labute approximate surface area is 131 Å². The minimum Gasteiger partial charge on any atom is -0.394 e. The van der Waals surface area contributed by atoms with Crippen molar-refractivity contribution in [2.75, 3.05) is 39.5 Å². The summed E-state index contributed by atoms with van der Waals surface area (Å²) in [5.41, 5.74) is 1.92. The van der Waals surface area contributed by atoms with Crippen LogP contribution in [0.15, 0.2) is 24.3 Å². The first-order valence-corrected chi connectivity index (χ1v) is 8.05. The molecule has 1 fully saturated rings. The van der Waals surface area contributed by atoms with Gasteiger partial charge in [-0.1, -0.05) is 24.3 Å². The monoisotopic (exact) mass is 304 g/mol. The number of fused-ring (bicyclic) bond motifs is 1. The summed E-state index contributed by atoms with van der Waals surface area (Å²) >= 11 is 0. The van der Waals surface area contributed by atoms with Crippen LogP contribution in [0.25, 0.3) is 0 Å². The van der Waals surface area contributed by atoms with Crippen molar-refractivity contribution in [2.45, 2.75) is 24.8 Å². The highest BCUT2D eigenvalue weighted by molar-refractivity contribution is 5.78. The Morgan fingerprint density at radius 1 is 1.32 bits per heavy atom. The minimum atomic E-state index is -0.489. The van der Waals surface area contributed by atoms with E-state index in [1.54, 1.807) is 0 Å². The molecule has 2 aliphatic rings. The topological polar surface area (TPSA) is 61.8 Å². The number of benzene rings is 1. The molecular weight excluding hydrogens is 280 g/mol. The summed E-state index contributed by atoms with van der Waals surface area (Å²) in [5.74, 6) is 0.0826. The Morgan fingerprint density at radius 2 is 2.09 bits per heavy atom. The molecule has 1 aromatic rings. The molecule has 0 radical (unpaired) electrons. The number of aliphatic hydroxyl groups is 1. The van der Waals surface area contributed by atoms with E-state index < -0.39 is 5.54 Å². The summed E-state index contributed by atoms with van der Waals surface area (Å²) in [6, 6.07) is 8.21. The molecule has 1 amide bonds. The molecule has 2 N–H and O–H groups in total. The second-order valence-electron chi connectivity index (χ2n) is 6.10. The van der Waals surface area contributed by atoms with Gasteiger partial charge in [-0.05, 0) is 30.4 Å². The van der Waals surface area contributed by atoms with Gasteiger partial charge < -0.3 is 14.7 Å². The van der Waals surface area contributed by atoms with Gasteiger partial charge in [0.25, 0.3) is 0 Å². The van der Waals surface area contributed by atoms with Crippen molar-refractivity contribution in [3.05, 3.63) is 35.4 Å². The van der Waals surface area contributed by atoms with Crippen LogP contribution in [0.1, 0.15) is 24.0 Å². The first-order valence-electron chi connectivity index (χ1n) is 8.05. The smallest absolute Gasteiger partial charge is 0.236 e. The molecule has 0 spiro atoms. The predicted molar refractivity (Wildman–Crippen MR) is 83.5 cm³/mol. The fraction of sp³-hybridized carbons (Fsp3) is 0.588. The van der Waals surface area contributed by atoms with Crippen LogP contribution in [0, 0.1) is 0 Å². The number of carbonyl (C=O) groups excluding carboxylic acids is 1. The van der Waals surface area contributed by atoms with Crippen molar-refractivity contribution < 1.29 is 14.6 Å². The molecule has 120 valence electrons. The molecule has 1 saturated heterocycles. The fourth-order valence-electron chi connectivity index (χ4n) is 3.49. The fourth-order valence-corrected chi connectivity index (χ4v) is 3.49. The van der Waals surface area contributed by atoms with Crippen LogP contribution in [0.2, 0.25) is 0 Å². The van der Waals surface area contributed by atoms with Crippen LogP contribution in [-0.4, -0.2) is 55.4 Å². The lowest BCUT2D eigenvalue weighted by atomic mass is 9.77. The SMILES string of the molecule is O=C(CNC1(CO)CCCc2ccccc21)N1CCOCC1. The summed E-state index contributed by atoms with van der Waals surface area (Å²) in [5, 5.41) is 13.4. The zero-order chi connectivity index (χ0) is 15.4.